The number of amides is 1. The molecule has 0 saturated heterocycles. The van der Waals surface area contributed by atoms with Crippen molar-refractivity contribution >= 4 is 15.7 Å². The maximum Gasteiger partial charge on any atom is 0.430 e. The number of carbonyl (C=O) groups is 1. The summed E-state index contributed by atoms with van der Waals surface area (Å²) in [4.78, 5) is 12.4. The molecule has 1 aliphatic rings. The number of nitrogens with one attached hydrogen (secondary N) is 1. The Balaban J connectivity index is 1.66. The second-order valence-electron chi connectivity index (χ2n) is 7.83. The number of hydrogen-bond acceptors (Lipinski definition) is 4. The Morgan fingerprint density at radius 2 is 1.42 bits per heavy atom. The zero-order chi connectivity index (χ0) is 24.7. The molecule has 1 aliphatic carbocycles. The Bertz CT molecular complexity index is 1090. The van der Waals surface area contributed by atoms with Crippen LogP contribution in [0.15, 0.2) is 53.4 Å². The zero-order valence-corrected chi connectivity index (χ0v) is 17.7. The number of hydrogen-bond donors (Lipinski definition) is 2. The molecular weight excluding hydrogens is 476 g/mol. The largest absolute Gasteiger partial charge is 0.430 e. The lowest BCUT2D eigenvalue weighted by Gasteiger charge is -2.32. The van der Waals surface area contributed by atoms with Crippen LogP contribution >= 0.6 is 0 Å². The molecule has 0 bridgehead atoms. The molecule has 1 amide bonds. The van der Waals surface area contributed by atoms with Crippen LogP contribution in [-0.4, -0.2) is 37.5 Å². The van der Waals surface area contributed by atoms with Crippen molar-refractivity contribution in [3.63, 3.8) is 0 Å². The van der Waals surface area contributed by atoms with Crippen LogP contribution in [0.1, 0.15) is 34.3 Å². The number of benzene rings is 2. The molecule has 0 aliphatic heterocycles. The van der Waals surface area contributed by atoms with E-state index in [1.54, 1.807) is 0 Å². The third kappa shape index (κ3) is 5.32. The molecule has 0 atom stereocenters. The number of sulfone groups is 1. The summed E-state index contributed by atoms with van der Waals surface area (Å²) in [7, 11) is -3.39. The summed E-state index contributed by atoms with van der Waals surface area (Å²) in [5.74, 6) is -0.519. The summed E-state index contributed by atoms with van der Waals surface area (Å²) in [6, 6.07) is 8.05. The lowest BCUT2D eigenvalue weighted by atomic mass is 9.91. The van der Waals surface area contributed by atoms with Gasteiger partial charge in [0.2, 0.25) is 0 Å². The van der Waals surface area contributed by atoms with E-state index in [0.717, 1.165) is 25.0 Å². The van der Waals surface area contributed by atoms with Gasteiger partial charge in [0.25, 0.3) is 11.5 Å². The number of carbonyl (C=O) groups excluding carboxylic acids is 1. The summed E-state index contributed by atoms with van der Waals surface area (Å²) in [5.41, 5.74) is -6.23. The maximum atomic E-state index is 12.9. The second-order valence-corrected chi connectivity index (χ2v) is 9.87. The molecule has 180 valence electrons. The van der Waals surface area contributed by atoms with E-state index in [1.807, 2.05) is 0 Å². The SMILES string of the molecule is O=C(NCc1ccc(S(=O)(=O)CC2CC2)cc1)c1ccc(C(O)(C(F)(F)F)C(F)(F)F)cc1. The molecule has 0 unspecified atom stereocenters. The van der Waals surface area contributed by atoms with Gasteiger partial charge in [0.05, 0.1) is 10.6 Å². The van der Waals surface area contributed by atoms with E-state index in [9.17, 15) is 44.7 Å². The van der Waals surface area contributed by atoms with Gasteiger partial charge in [-0.3, -0.25) is 4.79 Å². The quantitative estimate of drug-likeness (QED) is 0.567. The molecule has 12 heteroatoms. The Kier molecular flexibility index (Phi) is 6.55. The van der Waals surface area contributed by atoms with Crippen molar-refractivity contribution in [3.05, 3.63) is 65.2 Å². The van der Waals surface area contributed by atoms with Crippen LogP contribution in [0, 0.1) is 5.92 Å². The first-order chi connectivity index (χ1) is 15.1. The molecule has 1 saturated carbocycles. The zero-order valence-electron chi connectivity index (χ0n) is 16.9. The van der Waals surface area contributed by atoms with Gasteiger partial charge in [-0.2, -0.15) is 26.3 Å². The predicted octanol–water partition coefficient (Wildman–Crippen LogP) is 4.11. The lowest BCUT2D eigenvalue weighted by molar-refractivity contribution is -0.376. The smallest absolute Gasteiger partial charge is 0.369 e. The highest BCUT2D eigenvalue weighted by Crippen LogP contribution is 2.49. The molecule has 0 aromatic heterocycles. The molecule has 5 nitrogen and oxygen atoms in total. The van der Waals surface area contributed by atoms with Crippen molar-refractivity contribution in [1.82, 2.24) is 5.32 Å². The highest BCUT2D eigenvalue weighted by atomic mass is 32.2. The Labute approximate surface area is 185 Å². The third-order valence-corrected chi connectivity index (χ3v) is 7.17. The van der Waals surface area contributed by atoms with E-state index in [0.29, 0.717) is 17.7 Å². The average Bonchev–Trinajstić information content (AvgIpc) is 3.53. The molecular formula is C21H19F6NO4S. The van der Waals surface area contributed by atoms with Crippen LogP contribution in [0.3, 0.4) is 0 Å². The van der Waals surface area contributed by atoms with Crippen molar-refractivity contribution in [2.75, 3.05) is 5.75 Å². The molecule has 2 N–H and O–H groups in total. The molecule has 2 aromatic carbocycles. The number of aliphatic hydroxyl groups is 1. The van der Waals surface area contributed by atoms with E-state index in [1.165, 1.54) is 24.3 Å². The van der Waals surface area contributed by atoms with Gasteiger partial charge in [-0.15, -0.1) is 0 Å². The summed E-state index contributed by atoms with van der Waals surface area (Å²) in [6.45, 7) is -0.0570. The first kappa shape index (κ1) is 25.0. The fraction of sp³-hybridized carbons (Fsp3) is 0.381. The fourth-order valence-corrected chi connectivity index (χ4v) is 4.84. The standard InChI is InChI=1S/C21H19F6NO4S/c22-20(23,24)19(30,21(25,26)27)16-7-5-15(6-8-16)18(29)28-11-13-3-9-17(10-4-13)33(31,32)12-14-1-2-14/h3-10,14,30H,1-2,11-12H2,(H,28,29). The van der Waals surface area contributed by atoms with E-state index in [-0.39, 0.29) is 28.7 Å². The normalized spacial score (nSPS) is 15.4. The lowest BCUT2D eigenvalue weighted by Crippen LogP contribution is -2.53. The summed E-state index contributed by atoms with van der Waals surface area (Å²) < 4.78 is 102. The van der Waals surface area contributed by atoms with Crippen molar-refractivity contribution in [2.24, 2.45) is 5.92 Å². The second kappa shape index (κ2) is 8.64. The molecule has 0 radical (unpaired) electrons. The first-order valence-corrected chi connectivity index (χ1v) is 11.4. The van der Waals surface area contributed by atoms with Crippen LogP contribution in [0.4, 0.5) is 26.3 Å². The first-order valence-electron chi connectivity index (χ1n) is 9.71. The van der Waals surface area contributed by atoms with Gasteiger partial charge in [0.1, 0.15) is 0 Å². The minimum Gasteiger partial charge on any atom is -0.369 e. The monoisotopic (exact) mass is 495 g/mol. The number of alkyl halides is 6. The average molecular weight is 495 g/mol. The van der Waals surface area contributed by atoms with Crippen molar-refractivity contribution in [2.45, 2.75) is 42.2 Å². The molecule has 1 fully saturated rings. The van der Waals surface area contributed by atoms with E-state index in [4.69, 9.17) is 0 Å². The molecule has 33 heavy (non-hydrogen) atoms. The van der Waals surface area contributed by atoms with Gasteiger partial charge in [0.15, 0.2) is 9.84 Å². The molecule has 2 aromatic rings. The van der Waals surface area contributed by atoms with Crippen LogP contribution in [-0.2, 0) is 22.0 Å². The predicted molar refractivity (Wildman–Crippen MR) is 105 cm³/mol. The van der Waals surface area contributed by atoms with Gasteiger partial charge >= 0.3 is 12.4 Å². The number of rotatable bonds is 7. The van der Waals surface area contributed by atoms with E-state index < -0.39 is 39.3 Å². The Morgan fingerprint density at radius 1 is 0.909 bits per heavy atom. The number of halogens is 6. The van der Waals surface area contributed by atoms with Gasteiger partial charge in [-0.05, 0) is 48.6 Å². The summed E-state index contributed by atoms with van der Waals surface area (Å²) in [6.07, 6.45) is -10.3. The molecule has 0 spiro atoms. The third-order valence-electron chi connectivity index (χ3n) is 5.27. The van der Waals surface area contributed by atoms with Crippen LogP contribution in [0.25, 0.3) is 0 Å². The van der Waals surface area contributed by atoms with Gasteiger partial charge in [-0.1, -0.05) is 24.3 Å². The van der Waals surface area contributed by atoms with Crippen LogP contribution in [0.5, 0.6) is 0 Å². The minimum atomic E-state index is -6.02. The summed E-state index contributed by atoms with van der Waals surface area (Å²) >= 11 is 0. The molecule has 3 rings (SSSR count). The Hall–Kier alpha value is -2.60. The van der Waals surface area contributed by atoms with Crippen LogP contribution < -0.4 is 5.32 Å². The highest BCUT2D eigenvalue weighted by molar-refractivity contribution is 7.91. The van der Waals surface area contributed by atoms with Gasteiger partial charge < -0.3 is 10.4 Å². The topological polar surface area (TPSA) is 83.5 Å². The highest BCUT2D eigenvalue weighted by Gasteiger charge is 2.71. The van der Waals surface area contributed by atoms with Crippen molar-refractivity contribution in [1.29, 1.82) is 0 Å². The van der Waals surface area contributed by atoms with E-state index >= 15 is 0 Å². The molecule has 0 heterocycles. The van der Waals surface area contributed by atoms with Crippen molar-refractivity contribution in [3.8, 4) is 0 Å². The van der Waals surface area contributed by atoms with Crippen LogP contribution in [0.2, 0.25) is 0 Å². The summed E-state index contributed by atoms with van der Waals surface area (Å²) in [5, 5.41) is 11.8. The van der Waals surface area contributed by atoms with E-state index in [2.05, 4.69) is 5.32 Å². The Morgan fingerprint density at radius 3 is 1.88 bits per heavy atom. The fourth-order valence-electron chi connectivity index (χ4n) is 3.14. The minimum absolute atomic E-state index is 0.0570. The van der Waals surface area contributed by atoms with Gasteiger partial charge in [-0.25, -0.2) is 8.42 Å². The van der Waals surface area contributed by atoms with Crippen molar-refractivity contribution < 1.29 is 44.7 Å². The maximum absolute atomic E-state index is 12.9. The van der Waals surface area contributed by atoms with Gasteiger partial charge in [0, 0.05) is 17.7 Å².